The van der Waals surface area contributed by atoms with Gasteiger partial charge in [0.05, 0.1) is 6.61 Å². The molecule has 8 heteroatoms. The number of aromatic nitrogens is 3. The molecule has 2 heterocycles. The van der Waals surface area contributed by atoms with Crippen molar-refractivity contribution in [2.24, 2.45) is 0 Å². The van der Waals surface area contributed by atoms with Crippen LogP contribution in [0.2, 0.25) is 0 Å². The summed E-state index contributed by atoms with van der Waals surface area (Å²) in [4.78, 5) is 12.9. The third-order valence-corrected chi connectivity index (χ3v) is 3.97. The van der Waals surface area contributed by atoms with Crippen LogP contribution >= 0.6 is 12.2 Å². The van der Waals surface area contributed by atoms with Gasteiger partial charge in [0.15, 0.2) is 5.11 Å². The van der Waals surface area contributed by atoms with Gasteiger partial charge in [0, 0.05) is 36.4 Å². The van der Waals surface area contributed by atoms with Crippen molar-refractivity contribution in [2.75, 3.05) is 17.2 Å². The summed E-state index contributed by atoms with van der Waals surface area (Å²) in [5.74, 6) is 1.94. The van der Waals surface area contributed by atoms with E-state index in [2.05, 4.69) is 30.9 Å². The highest BCUT2D eigenvalue weighted by molar-refractivity contribution is 7.80. The molecule has 7 nitrogen and oxygen atoms in total. The van der Waals surface area contributed by atoms with Gasteiger partial charge < -0.3 is 20.7 Å². The molecule has 0 amide bonds. The number of benzene rings is 1. The van der Waals surface area contributed by atoms with Crippen LogP contribution in [0.4, 0.5) is 17.5 Å². The first-order chi connectivity index (χ1) is 13.6. The molecule has 0 saturated heterocycles. The molecule has 0 aliphatic carbocycles. The topological polar surface area (TPSA) is 84.0 Å². The van der Waals surface area contributed by atoms with Crippen LogP contribution in [0, 0.1) is 6.92 Å². The Morgan fingerprint density at radius 2 is 1.82 bits per heavy atom. The van der Waals surface area contributed by atoms with Crippen molar-refractivity contribution in [3.8, 4) is 5.75 Å². The van der Waals surface area contributed by atoms with E-state index in [1.54, 1.807) is 12.4 Å². The lowest BCUT2D eigenvalue weighted by Crippen LogP contribution is -2.28. The molecule has 2 aromatic heterocycles. The average molecular weight is 395 g/mol. The number of ether oxygens (including phenoxy) is 1. The fourth-order valence-electron chi connectivity index (χ4n) is 2.47. The Hall–Kier alpha value is -3.26. The van der Waals surface area contributed by atoms with Gasteiger partial charge in [-0.15, -0.1) is 0 Å². The minimum atomic E-state index is 0.431. The predicted molar refractivity (Wildman–Crippen MR) is 115 cm³/mol. The van der Waals surface area contributed by atoms with Crippen molar-refractivity contribution in [1.29, 1.82) is 0 Å². The SMILES string of the molecule is CCOc1ccc(Nc2cc(C)nc(NC(=S)NCc3ccncc3)n2)cc1. The zero-order chi connectivity index (χ0) is 19.8. The lowest BCUT2D eigenvalue weighted by atomic mass is 10.3. The van der Waals surface area contributed by atoms with Crippen LogP contribution in [-0.2, 0) is 6.54 Å². The molecule has 0 atom stereocenters. The van der Waals surface area contributed by atoms with Gasteiger partial charge in [-0.1, -0.05) is 0 Å². The van der Waals surface area contributed by atoms with E-state index in [4.69, 9.17) is 17.0 Å². The third kappa shape index (κ3) is 5.88. The second kappa shape index (κ2) is 9.61. The van der Waals surface area contributed by atoms with Gasteiger partial charge in [-0.25, -0.2) is 4.98 Å². The maximum atomic E-state index is 5.46. The average Bonchev–Trinajstić information content (AvgIpc) is 2.68. The van der Waals surface area contributed by atoms with E-state index in [1.807, 2.05) is 56.3 Å². The van der Waals surface area contributed by atoms with Crippen LogP contribution in [0.3, 0.4) is 0 Å². The molecule has 3 rings (SSSR count). The van der Waals surface area contributed by atoms with E-state index in [-0.39, 0.29) is 0 Å². The minimum absolute atomic E-state index is 0.431. The first-order valence-electron chi connectivity index (χ1n) is 8.91. The van der Waals surface area contributed by atoms with Gasteiger partial charge in [0.2, 0.25) is 5.95 Å². The van der Waals surface area contributed by atoms with Gasteiger partial charge in [0.25, 0.3) is 0 Å². The summed E-state index contributed by atoms with van der Waals surface area (Å²) in [5.41, 5.74) is 2.82. The smallest absolute Gasteiger partial charge is 0.231 e. The van der Waals surface area contributed by atoms with Crippen LogP contribution in [0.15, 0.2) is 54.9 Å². The van der Waals surface area contributed by atoms with Crippen molar-refractivity contribution in [3.05, 3.63) is 66.1 Å². The predicted octanol–water partition coefficient (Wildman–Crippen LogP) is 3.81. The second-order valence-electron chi connectivity index (χ2n) is 5.96. The minimum Gasteiger partial charge on any atom is -0.494 e. The number of aryl methyl sites for hydroxylation is 1. The molecule has 3 aromatic rings. The van der Waals surface area contributed by atoms with Crippen molar-refractivity contribution in [3.63, 3.8) is 0 Å². The fraction of sp³-hybridized carbons (Fsp3) is 0.200. The highest BCUT2D eigenvalue weighted by Crippen LogP contribution is 2.20. The molecule has 0 spiro atoms. The van der Waals surface area contributed by atoms with Crippen LogP contribution < -0.4 is 20.7 Å². The summed E-state index contributed by atoms with van der Waals surface area (Å²) >= 11 is 5.34. The summed E-state index contributed by atoms with van der Waals surface area (Å²) in [6, 6.07) is 13.4. The highest BCUT2D eigenvalue weighted by atomic mass is 32.1. The molecule has 144 valence electrons. The van der Waals surface area contributed by atoms with Gasteiger partial charge in [-0.2, -0.15) is 4.98 Å². The fourth-order valence-corrected chi connectivity index (χ4v) is 2.63. The molecular weight excluding hydrogens is 372 g/mol. The first kappa shape index (κ1) is 19.5. The molecule has 1 aromatic carbocycles. The Morgan fingerprint density at radius 1 is 1.07 bits per heavy atom. The zero-order valence-corrected chi connectivity index (χ0v) is 16.6. The summed E-state index contributed by atoms with van der Waals surface area (Å²) in [6.07, 6.45) is 3.49. The summed E-state index contributed by atoms with van der Waals surface area (Å²) < 4.78 is 5.46. The Kier molecular flexibility index (Phi) is 6.69. The molecule has 0 aliphatic rings. The largest absolute Gasteiger partial charge is 0.494 e. The number of nitrogens with one attached hydrogen (secondary N) is 3. The Balaban J connectivity index is 1.61. The molecule has 28 heavy (non-hydrogen) atoms. The normalized spacial score (nSPS) is 10.2. The van der Waals surface area contributed by atoms with Gasteiger partial charge in [-0.3, -0.25) is 4.98 Å². The van der Waals surface area contributed by atoms with E-state index in [1.165, 1.54) is 0 Å². The number of rotatable bonds is 7. The lowest BCUT2D eigenvalue weighted by Gasteiger charge is -2.12. The van der Waals surface area contributed by atoms with Crippen molar-refractivity contribution >= 4 is 34.8 Å². The molecule has 0 aliphatic heterocycles. The second-order valence-corrected chi connectivity index (χ2v) is 6.37. The quantitative estimate of drug-likeness (QED) is 0.522. The van der Waals surface area contributed by atoms with Crippen molar-refractivity contribution < 1.29 is 4.74 Å². The van der Waals surface area contributed by atoms with Gasteiger partial charge in [-0.05, 0) is 68.0 Å². The van der Waals surface area contributed by atoms with Gasteiger partial charge in [0.1, 0.15) is 11.6 Å². The monoisotopic (exact) mass is 394 g/mol. The van der Waals surface area contributed by atoms with Crippen molar-refractivity contribution in [2.45, 2.75) is 20.4 Å². The van der Waals surface area contributed by atoms with E-state index in [0.29, 0.717) is 30.0 Å². The van der Waals surface area contributed by atoms with Crippen molar-refractivity contribution in [1.82, 2.24) is 20.3 Å². The molecule has 0 radical (unpaired) electrons. The third-order valence-electron chi connectivity index (χ3n) is 3.72. The van der Waals surface area contributed by atoms with E-state index >= 15 is 0 Å². The number of thiocarbonyl (C=S) groups is 1. The number of nitrogens with zero attached hydrogens (tertiary/aromatic N) is 3. The number of pyridine rings is 1. The van der Waals surface area contributed by atoms with E-state index in [0.717, 1.165) is 22.7 Å². The maximum absolute atomic E-state index is 5.46. The summed E-state index contributed by atoms with van der Waals surface area (Å²) in [6.45, 7) is 5.10. The Morgan fingerprint density at radius 3 is 2.54 bits per heavy atom. The number of hydrogen-bond donors (Lipinski definition) is 3. The van der Waals surface area contributed by atoms with E-state index < -0.39 is 0 Å². The summed E-state index contributed by atoms with van der Waals surface area (Å²) in [5, 5.41) is 9.88. The van der Waals surface area contributed by atoms with Gasteiger partial charge >= 0.3 is 0 Å². The lowest BCUT2D eigenvalue weighted by molar-refractivity contribution is 0.340. The van der Waals surface area contributed by atoms with Crippen LogP contribution in [-0.4, -0.2) is 26.7 Å². The molecule has 3 N–H and O–H groups in total. The number of anilines is 3. The zero-order valence-electron chi connectivity index (χ0n) is 15.8. The van der Waals surface area contributed by atoms with Crippen LogP contribution in [0.5, 0.6) is 5.75 Å². The van der Waals surface area contributed by atoms with Crippen LogP contribution in [0.1, 0.15) is 18.2 Å². The first-order valence-corrected chi connectivity index (χ1v) is 9.32. The summed E-state index contributed by atoms with van der Waals surface area (Å²) in [7, 11) is 0. The number of hydrogen-bond acceptors (Lipinski definition) is 6. The molecule has 0 unspecified atom stereocenters. The van der Waals surface area contributed by atoms with Crippen LogP contribution in [0.25, 0.3) is 0 Å². The molecular formula is C20H22N6OS. The Labute approximate surface area is 169 Å². The van der Waals surface area contributed by atoms with E-state index in [9.17, 15) is 0 Å². The maximum Gasteiger partial charge on any atom is 0.231 e. The highest BCUT2D eigenvalue weighted by Gasteiger charge is 2.05. The molecule has 0 fully saturated rings. The molecule has 0 bridgehead atoms. The Bertz CT molecular complexity index is 918. The molecule has 0 saturated carbocycles. The standard InChI is InChI=1S/C20H22N6OS/c1-3-27-17-6-4-16(5-7-17)24-18-12-14(2)23-19(25-18)26-20(28)22-13-15-8-10-21-11-9-15/h4-12H,3,13H2,1-2H3,(H3,22,23,24,25,26,28).